The number of phenolic OH excluding ortho intramolecular Hbond substituents is 3. The van der Waals surface area contributed by atoms with Crippen molar-refractivity contribution in [3.8, 4) is 17.2 Å². The monoisotopic (exact) mass is 752 g/mol. The molecule has 2 aliphatic rings. The summed E-state index contributed by atoms with van der Waals surface area (Å²) in [6, 6.07) is 18.1. The number of benzene rings is 3. The molecule has 53 heavy (non-hydrogen) atoms. The van der Waals surface area contributed by atoms with Crippen LogP contribution < -0.4 is 16.0 Å². The molecule has 16 nitrogen and oxygen atoms in total. The number of esters is 2. The van der Waals surface area contributed by atoms with E-state index in [0.29, 0.717) is 25.6 Å². The first-order valence-corrected chi connectivity index (χ1v) is 16.2. The Labute approximate surface area is 307 Å². The number of hydrogen-bond donors (Lipinski definition) is 6. The van der Waals surface area contributed by atoms with Crippen molar-refractivity contribution in [2.75, 3.05) is 22.6 Å². The topological polar surface area (TPSA) is 268 Å². The van der Waals surface area contributed by atoms with E-state index in [0.717, 1.165) is 29.2 Å². The van der Waals surface area contributed by atoms with Crippen LogP contribution >= 0.6 is 8.58 Å². The molecule has 280 valence electrons. The van der Waals surface area contributed by atoms with Gasteiger partial charge >= 0.3 is 17.9 Å². The van der Waals surface area contributed by atoms with Gasteiger partial charge in [-0.05, 0) is 100 Å². The molecule has 0 radical (unpaired) electrons. The lowest BCUT2D eigenvalue weighted by Crippen LogP contribution is -2.29. The second kappa shape index (κ2) is 25.1. The van der Waals surface area contributed by atoms with E-state index in [-0.39, 0.29) is 47.3 Å². The van der Waals surface area contributed by atoms with Gasteiger partial charge in [0.15, 0.2) is 0 Å². The van der Waals surface area contributed by atoms with E-state index in [2.05, 4.69) is 10.1 Å². The van der Waals surface area contributed by atoms with Gasteiger partial charge in [-0.25, -0.2) is 19.3 Å². The van der Waals surface area contributed by atoms with Crippen LogP contribution in [0.3, 0.4) is 0 Å². The third-order valence-corrected chi connectivity index (χ3v) is 5.94. The highest BCUT2D eigenvalue weighted by Crippen LogP contribution is 2.21. The highest BCUT2D eigenvalue weighted by Gasteiger charge is 2.24. The van der Waals surface area contributed by atoms with Crippen LogP contribution in [0, 0.1) is 0 Å². The number of ketones is 1. The van der Waals surface area contributed by atoms with Crippen LogP contribution in [0.15, 0.2) is 109 Å². The average molecular weight is 753 g/mol. The minimum atomic E-state index is -1.18. The first-order valence-electron chi connectivity index (χ1n) is 15.4. The second-order valence-corrected chi connectivity index (χ2v) is 10.9. The van der Waals surface area contributed by atoms with E-state index in [1.807, 2.05) is 6.66 Å². The van der Waals surface area contributed by atoms with Gasteiger partial charge < -0.3 is 41.0 Å². The van der Waals surface area contributed by atoms with Gasteiger partial charge in [-0.15, -0.1) is 0 Å². The SMILES string of the molecule is CPC(C)=O.Nc1ccc(O)cc1.O=C(O)/C=C\C(=O)Nc1ccc(O)cc1.O=C1C=CC(=O)N1c1ccc(O)cc1.O=C1C=CC(=O)O1.[2H]CC(C)=O. The number of carbonyl (C=O) groups is 8. The van der Waals surface area contributed by atoms with E-state index in [1.165, 1.54) is 67.6 Å². The third kappa shape index (κ3) is 23.2. The molecule has 0 aromatic heterocycles. The van der Waals surface area contributed by atoms with E-state index < -0.39 is 23.8 Å². The van der Waals surface area contributed by atoms with Gasteiger partial charge in [0, 0.05) is 49.2 Å². The first kappa shape index (κ1) is 44.1. The number of nitrogens with zero attached hydrogens (tertiary/aromatic N) is 1. The summed E-state index contributed by atoms with van der Waals surface area (Å²) >= 11 is 0. The predicted molar refractivity (Wildman–Crippen MR) is 197 cm³/mol. The van der Waals surface area contributed by atoms with Crippen LogP contribution in [-0.4, -0.2) is 74.0 Å². The molecular weight excluding hydrogens is 713 g/mol. The molecule has 3 aromatic carbocycles. The lowest BCUT2D eigenvalue weighted by molar-refractivity contribution is -0.150. The fourth-order valence-corrected chi connectivity index (χ4v) is 2.91. The number of carbonyl (C=O) groups excluding carboxylic acids is 7. The van der Waals surface area contributed by atoms with Gasteiger partial charge in [0.1, 0.15) is 28.6 Å². The van der Waals surface area contributed by atoms with E-state index in [9.17, 15) is 38.4 Å². The van der Waals surface area contributed by atoms with Gasteiger partial charge in [-0.3, -0.25) is 19.2 Å². The van der Waals surface area contributed by atoms with Crippen LogP contribution in [0.25, 0.3) is 0 Å². The second-order valence-electron chi connectivity index (χ2n) is 9.74. The maximum atomic E-state index is 11.2. The first-order chi connectivity index (χ1) is 25.4. The van der Waals surface area contributed by atoms with Crippen LogP contribution in [0.2, 0.25) is 0 Å². The molecule has 1 atom stereocenters. The molecule has 5 rings (SSSR count). The van der Waals surface area contributed by atoms with Crippen LogP contribution in [0.4, 0.5) is 17.1 Å². The number of imide groups is 1. The largest absolute Gasteiger partial charge is 0.508 e. The van der Waals surface area contributed by atoms with Gasteiger partial charge in [0.05, 0.1) is 5.69 Å². The van der Waals surface area contributed by atoms with Crippen molar-refractivity contribution in [1.29, 1.82) is 0 Å². The Bertz CT molecular complexity index is 1770. The summed E-state index contributed by atoms with van der Waals surface area (Å²) in [5.41, 5.74) is 7.21. The Hall–Kier alpha value is -6.93. The quantitative estimate of drug-likeness (QED) is 0.0411. The number of aromatic hydroxyl groups is 3. The zero-order valence-corrected chi connectivity index (χ0v) is 29.6. The van der Waals surface area contributed by atoms with Crippen molar-refractivity contribution >= 4 is 72.6 Å². The standard InChI is InChI=1S/C10H9NO4.C10H7NO3.C6H7NO.C4H2O3.C3H7OP.C3H6O/c12-8-3-1-7(2-4-8)11-9(13)5-6-10(14)15;12-8-3-1-7(2-4-8)11-9(13)5-6-10(11)14;7-5-1-3-6(8)4-2-5;5-3-1-2-4(6)7-3;1-3(4)5-2;1-3(2)4/h1-6,12H,(H,11,13)(H,14,15);1-6,12H;1-4,8H,7H2;1-2H;5H,1-2H3;1-2H3/b6-5-;;;;;/i;;;;;1D. The molecule has 0 fully saturated rings. The number of amides is 3. The fourth-order valence-electron chi connectivity index (χ4n) is 2.91. The number of anilines is 3. The van der Waals surface area contributed by atoms with Gasteiger partial charge in [-0.2, -0.15) is 0 Å². The molecule has 0 saturated heterocycles. The van der Waals surface area contributed by atoms with Gasteiger partial charge in [-0.1, -0.05) is 8.58 Å². The summed E-state index contributed by atoms with van der Waals surface area (Å²) in [6.07, 6.45) is 6.26. The maximum absolute atomic E-state index is 11.2. The molecule has 17 heteroatoms. The lowest BCUT2D eigenvalue weighted by atomic mass is 10.3. The number of carboxylic acids is 1. The summed E-state index contributed by atoms with van der Waals surface area (Å²) in [4.78, 5) is 84.0. The van der Waals surface area contributed by atoms with Crippen LogP contribution in [0.5, 0.6) is 17.2 Å². The third-order valence-electron chi connectivity index (χ3n) is 5.23. The molecule has 0 bridgehead atoms. The molecule has 3 amide bonds. The minimum absolute atomic E-state index is 0.0787. The molecule has 3 aromatic rings. The normalized spacial score (nSPS) is 12.3. The number of phenols is 3. The molecule has 0 saturated carbocycles. The van der Waals surface area contributed by atoms with E-state index in [1.54, 1.807) is 31.2 Å². The molecule has 2 aliphatic heterocycles. The summed E-state index contributed by atoms with van der Waals surface area (Å²) in [5.74, 6) is -3.24. The van der Waals surface area contributed by atoms with Crippen molar-refractivity contribution in [3.05, 3.63) is 109 Å². The summed E-state index contributed by atoms with van der Waals surface area (Å²) in [5, 5.41) is 37.4. The highest BCUT2D eigenvalue weighted by molar-refractivity contribution is 7.56. The maximum Gasteiger partial charge on any atom is 0.338 e. The van der Waals surface area contributed by atoms with Crippen molar-refractivity contribution < 1.29 is 64.9 Å². The number of nitrogens with two attached hydrogens (primary N) is 1. The Morgan fingerprint density at radius 1 is 0.736 bits per heavy atom. The Balaban J connectivity index is 0.000000660. The lowest BCUT2D eigenvalue weighted by Gasteiger charge is -2.13. The van der Waals surface area contributed by atoms with Gasteiger partial charge in [0.2, 0.25) is 5.91 Å². The molecule has 1 unspecified atom stereocenters. The number of Topliss-reactive ketones (excluding diaryl/α,β-unsaturated/α-hetero) is 1. The number of rotatable bonds is 5. The molecule has 0 aliphatic carbocycles. The average Bonchev–Trinajstić information content (AvgIpc) is 3.69. The fraction of sp³-hybridized carbons (Fsp3) is 0.111. The Morgan fingerprint density at radius 2 is 1.13 bits per heavy atom. The minimum Gasteiger partial charge on any atom is -0.508 e. The van der Waals surface area contributed by atoms with Crippen LogP contribution in [0.1, 0.15) is 22.1 Å². The Morgan fingerprint density at radius 3 is 1.45 bits per heavy atom. The number of hydrogen-bond acceptors (Lipinski definition) is 13. The summed E-state index contributed by atoms with van der Waals surface area (Å²) in [6.45, 7) is 4.79. The smallest absolute Gasteiger partial charge is 0.338 e. The molecule has 7 N–H and O–H groups in total. The molecule has 2 heterocycles. The van der Waals surface area contributed by atoms with Crippen molar-refractivity contribution in [2.45, 2.75) is 20.7 Å². The zero-order valence-electron chi connectivity index (χ0n) is 29.6. The number of aliphatic carboxylic acids is 1. The summed E-state index contributed by atoms with van der Waals surface area (Å²) in [7, 11) is 0.475. The van der Waals surface area contributed by atoms with Crippen LogP contribution in [-0.2, 0) is 43.1 Å². The van der Waals surface area contributed by atoms with Crippen molar-refractivity contribution in [2.24, 2.45) is 0 Å². The molecular formula is C36H38N3O13P. The number of nitrogens with one attached hydrogen (secondary N) is 1. The van der Waals surface area contributed by atoms with Crippen molar-refractivity contribution in [1.82, 2.24) is 0 Å². The Kier molecular flexibility index (Phi) is 20.9. The van der Waals surface area contributed by atoms with E-state index in [4.69, 9.17) is 27.5 Å². The molecule has 0 spiro atoms. The highest BCUT2D eigenvalue weighted by atomic mass is 31.1. The van der Waals surface area contributed by atoms with E-state index >= 15 is 0 Å². The number of cyclic esters (lactones) is 2. The van der Waals surface area contributed by atoms with Gasteiger partial charge in [0.25, 0.3) is 11.8 Å². The number of nitrogen functional groups attached to an aromatic ring is 1. The number of carboxylic acid groups (broad SMARTS) is 1. The number of ether oxygens (including phenoxy) is 1. The van der Waals surface area contributed by atoms with Crippen molar-refractivity contribution in [3.63, 3.8) is 0 Å². The summed E-state index contributed by atoms with van der Waals surface area (Å²) < 4.78 is 10.3. The zero-order chi connectivity index (χ0) is 41.2. The predicted octanol–water partition coefficient (Wildman–Crippen LogP) is 3.83.